The van der Waals surface area contributed by atoms with Gasteiger partial charge in [0.15, 0.2) is 0 Å². The summed E-state index contributed by atoms with van der Waals surface area (Å²) in [6, 6.07) is 21.4. The molecular weight excluding hydrogens is 440 g/mol. The van der Waals surface area contributed by atoms with E-state index in [1.807, 2.05) is 48.5 Å². The van der Waals surface area contributed by atoms with Gasteiger partial charge in [0, 0.05) is 29.9 Å². The zero-order valence-electron chi connectivity index (χ0n) is 18.7. The summed E-state index contributed by atoms with van der Waals surface area (Å²) in [7, 11) is 4.92. The van der Waals surface area contributed by atoms with E-state index in [0.717, 1.165) is 5.56 Å². The molecule has 0 aliphatic carbocycles. The summed E-state index contributed by atoms with van der Waals surface area (Å²) >= 11 is 6.00. The van der Waals surface area contributed by atoms with Gasteiger partial charge in [0.1, 0.15) is 11.5 Å². The zero-order valence-corrected chi connectivity index (χ0v) is 19.5. The number of amides is 2. The maximum atomic E-state index is 13.6. The van der Waals surface area contributed by atoms with E-state index in [0.29, 0.717) is 27.9 Å². The average Bonchev–Trinajstić information content (AvgIpc) is 3.20. The highest BCUT2D eigenvalue weighted by Gasteiger charge is 2.46. The summed E-state index contributed by atoms with van der Waals surface area (Å²) in [5.74, 6) is 0.599. The molecule has 6 nitrogen and oxygen atoms in total. The molecule has 0 N–H and O–H groups in total. The van der Waals surface area contributed by atoms with Gasteiger partial charge in [-0.05, 0) is 66.2 Å². The van der Waals surface area contributed by atoms with Crippen LogP contribution < -0.4 is 19.3 Å². The van der Waals surface area contributed by atoms with Gasteiger partial charge in [-0.2, -0.15) is 0 Å². The predicted molar refractivity (Wildman–Crippen MR) is 129 cm³/mol. The van der Waals surface area contributed by atoms with Crippen LogP contribution in [0.5, 0.6) is 11.5 Å². The average molecular weight is 465 g/mol. The molecule has 7 heteroatoms. The highest BCUT2D eigenvalue weighted by Crippen LogP contribution is 2.43. The lowest BCUT2D eigenvalue weighted by atomic mass is 9.92. The molecule has 1 aliphatic heterocycles. The zero-order chi connectivity index (χ0) is 23.5. The predicted octanol–water partition coefficient (Wildman–Crippen LogP) is 5.11. The smallest absolute Gasteiger partial charge is 0.232 e. The van der Waals surface area contributed by atoms with E-state index in [1.54, 1.807) is 55.3 Å². The number of hydrogen-bond acceptors (Lipinski definition) is 4. The lowest BCUT2D eigenvalue weighted by Crippen LogP contribution is -2.37. The van der Waals surface area contributed by atoms with Gasteiger partial charge in [0.05, 0.1) is 26.2 Å². The Hall–Kier alpha value is -3.51. The molecule has 4 rings (SSSR count). The SMILES string of the molecule is COc1ccc([C@H]2[C@H](C(=O)N(C)c3ccc(Cl)cc3)CC(=O)N2c2ccc(OC)cc2)cc1. The molecule has 0 bridgehead atoms. The van der Waals surface area contributed by atoms with Gasteiger partial charge in [-0.3, -0.25) is 9.59 Å². The van der Waals surface area contributed by atoms with E-state index in [4.69, 9.17) is 21.1 Å². The van der Waals surface area contributed by atoms with E-state index >= 15 is 0 Å². The van der Waals surface area contributed by atoms with Crippen molar-refractivity contribution in [1.82, 2.24) is 0 Å². The van der Waals surface area contributed by atoms with Gasteiger partial charge in [-0.1, -0.05) is 23.7 Å². The third-order valence-corrected chi connectivity index (χ3v) is 6.24. The number of methoxy groups -OCH3 is 2. The number of anilines is 2. The van der Waals surface area contributed by atoms with E-state index in [1.165, 1.54) is 0 Å². The van der Waals surface area contributed by atoms with Crippen LogP contribution in [-0.2, 0) is 9.59 Å². The summed E-state index contributed by atoms with van der Waals surface area (Å²) in [4.78, 5) is 30.2. The molecule has 0 unspecified atom stereocenters. The number of hydrogen-bond donors (Lipinski definition) is 0. The second-order valence-electron chi connectivity index (χ2n) is 7.86. The first-order valence-corrected chi connectivity index (χ1v) is 10.9. The lowest BCUT2D eigenvalue weighted by Gasteiger charge is -2.30. The number of halogens is 1. The van der Waals surface area contributed by atoms with Gasteiger partial charge < -0.3 is 19.3 Å². The highest BCUT2D eigenvalue weighted by atomic mass is 35.5. The van der Waals surface area contributed by atoms with E-state index in [2.05, 4.69) is 0 Å². The number of benzene rings is 3. The van der Waals surface area contributed by atoms with Crippen molar-refractivity contribution in [3.05, 3.63) is 83.4 Å². The van der Waals surface area contributed by atoms with Crippen molar-refractivity contribution in [3.63, 3.8) is 0 Å². The molecule has 1 aliphatic rings. The molecule has 3 aromatic carbocycles. The Kier molecular flexibility index (Phi) is 6.56. The second-order valence-corrected chi connectivity index (χ2v) is 8.30. The van der Waals surface area contributed by atoms with Crippen molar-refractivity contribution in [1.29, 1.82) is 0 Å². The standard InChI is InChI=1S/C26H25ClN2O4/c1-28(19-8-6-18(27)7-9-19)26(31)23-16-24(30)29(20-10-14-22(33-3)15-11-20)25(23)17-4-12-21(32-2)13-5-17/h4-15,23,25H,16H2,1-3H3/t23-,25+/m1/s1. The minimum atomic E-state index is -0.561. The molecule has 1 fully saturated rings. The fraction of sp³-hybridized carbons (Fsp3) is 0.231. The first kappa shape index (κ1) is 22.7. The molecule has 1 saturated heterocycles. The first-order chi connectivity index (χ1) is 15.9. The maximum Gasteiger partial charge on any atom is 0.232 e. The number of ether oxygens (including phenoxy) is 2. The van der Waals surface area contributed by atoms with Crippen molar-refractivity contribution in [2.24, 2.45) is 5.92 Å². The molecule has 0 aromatic heterocycles. The molecule has 0 saturated carbocycles. The first-order valence-electron chi connectivity index (χ1n) is 10.6. The van der Waals surface area contributed by atoms with Gasteiger partial charge in [-0.25, -0.2) is 0 Å². The van der Waals surface area contributed by atoms with Crippen LogP contribution in [0.4, 0.5) is 11.4 Å². The van der Waals surface area contributed by atoms with Crippen LogP contribution in [0.15, 0.2) is 72.8 Å². The summed E-state index contributed by atoms with van der Waals surface area (Å²) in [5, 5.41) is 0.595. The van der Waals surface area contributed by atoms with Crippen LogP contribution in [0.2, 0.25) is 5.02 Å². The van der Waals surface area contributed by atoms with E-state index < -0.39 is 12.0 Å². The summed E-state index contributed by atoms with van der Waals surface area (Å²) < 4.78 is 10.5. The molecule has 0 radical (unpaired) electrons. The molecule has 170 valence electrons. The fourth-order valence-electron chi connectivity index (χ4n) is 4.23. The minimum Gasteiger partial charge on any atom is -0.497 e. The lowest BCUT2D eigenvalue weighted by molar-refractivity contribution is -0.124. The molecule has 3 aromatic rings. The Bertz CT molecular complexity index is 1130. The van der Waals surface area contributed by atoms with Crippen LogP contribution in [0.3, 0.4) is 0 Å². The van der Waals surface area contributed by atoms with Crippen molar-refractivity contribution in [2.45, 2.75) is 12.5 Å². The largest absolute Gasteiger partial charge is 0.497 e. The third-order valence-electron chi connectivity index (χ3n) is 5.99. The van der Waals surface area contributed by atoms with Crippen LogP contribution in [0.25, 0.3) is 0 Å². The minimum absolute atomic E-state index is 0.108. The van der Waals surface area contributed by atoms with E-state index in [9.17, 15) is 9.59 Å². The van der Waals surface area contributed by atoms with Crippen LogP contribution >= 0.6 is 11.6 Å². The summed E-state index contributed by atoms with van der Waals surface area (Å²) in [5.41, 5.74) is 2.29. The van der Waals surface area contributed by atoms with Gasteiger partial charge in [0.2, 0.25) is 11.8 Å². The quantitative estimate of drug-likeness (QED) is 0.508. The van der Waals surface area contributed by atoms with Gasteiger partial charge in [-0.15, -0.1) is 0 Å². The van der Waals surface area contributed by atoms with Crippen molar-refractivity contribution in [3.8, 4) is 11.5 Å². The second kappa shape index (κ2) is 9.55. The van der Waals surface area contributed by atoms with Crippen molar-refractivity contribution >= 4 is 34.8 Å². The topological polar surface area (TPSA) is 59.1 Å². The molecule has 0 spiro atoms. The Balaban J connectivity index is 1.73. The molecular formula is C26H25ClN2O4. The van der Waals surface area contributed by atoms with Gasteiger partial charge >= 0.3 is 0 Å². The third kappa shape index (κ3) is 4.52. The van der Waals surface area contributed by atoms with Crippen molar-refractivity contribution < 1.29 is 19.1 Å². The Morgan fingerprint density at radius 1 is 0.909 bits per heavy atom. The normalized spacial score (nSPS) is 17.7. The monoisotopic (exact) mass is 464 g/mol. The number of nitrogens with zero attached hydrogens (tertiary/aromatic N) is 2. The molecule has 33 heavy (non-hydrogen) atoms. The van der Waals surface area contributed by atoms with Crippen LogP contribution in [-0.4, -0.2) is 33.1 Å². The number of carbonyl (C=O) groups excluding carboxylic acids is 2. The fourth-order valence-corrected chi connectivity index (χ4v) is 4.35. The van der Waals surface area contributed by atoms with E-state index in [-0.39, 0.29) is 18.2 Å². The Morgan fingerprint density at radius 3 is 2.00 bits per heavy atom. The summed E-state index contributed by atoms with van der Waals surface area (Å²) in [6.07, 6.45) is 0.111. The molecule has 1 heterocycles. The van der Waals surface area contributed by atoms with Crippen LogP contribution in [0.1, 0.15) is 18.0 Å². The molecule has 2 atom stereocenters. The number of rotatable bonds is 6. The van der Waals surface area contributed by atoms with Gasteiger partial charge in [0.25, 0.3) is 0 Å². The Morgan fingerprint density at radius 2 is 1.45 bits per heavy atom. The molecule has 2 amide bonds. The maximum absolute atomic E-state index is 13.6. The Labute approximate surface area is 198 Å². The highest BCUT2D eigenvalue weighted by molar-refractivity contribution is 6.30. The summed E-state index contributed by atoms with van der Waals surface area (Å²) in [6.45, 7) is 0. The van der Waals surface area contributed by atoms with Crippen LogP contribution in [0, 0.1) is 5.92 Å². The van der Waals surface area contributed by atoms with Crippen molar-refractivity contribution in [2.75, 3.05) is 31.1 Å². The number of carbonyl (C=O) groups is 2.